The molecule has 29 heavy (non-hydrogen) atoms. The molecular formula is C24H18BrN3O. The minimum Gasteiger partial charge on any atom is -0.267 e. The lowest BCUT2D eigenvalue weighted by molar-refractivity contribution is 0.0956. The fraction of sp³-hybridized carbons (Fsp3) is 0.0417. The number of nitrogens with zero attached hydrogens (tertiary/aromatic N) is 2. The van der Waals surface area contributed by atoms with Crippen LogP contribution in [0, 0.1) is 6.92 Å². The van der Waals surface area contributed by atoms with Gasteiger partial charge in [-0.25, -0.2) is 10.4 Å². The Hall–Kier alpha value is -3.31. The summed E-state index contributed by atoms with van der Waals surface area (Å²) in [5.74, 6) is -0.273. The van der Waals surface area contributed by atoms with Gasteiger partial charge in [-0.1, -0.05) is 76.1 Å². The number of para-hydroxylation sites is 1. The minimum absolute atomic E-state index is 0.273. The van der Waals surface area contributed by atoms with Gasteiger partial charge >= 0.3 is 0 Å². The first-order valence-electron chi connectivity index (χ1n) is 9.16. The van der Waals surface area contributed by atoms with Crippen molar-refractivity contribution >= 4 is 39.0 Å². The van der Waals surface area contributed by atoms with Crippen LogP contribution in [0.5, 0.6) is 0 Å². The lowest BCUT2D eigenvalue weighted by Crippen LogP contribution is -2.18. The number of rotatable bonds is 4. The number of fused-ring (bicyclic) bond motifs is 1. The molecule has 5 heteroatoms. The molecular weight excluding hydrogens is 426 g/mol. The van der Waals surface area contributed by atoms with Crippen molar-refractivity contribution in [1.82, 2.24) is 10.4 Å². The molecule has 0 unspecified atom stereocenters. The Kier molecular flexibility index (Phi) is 5.49. The highest BCUT2D eigenvalue weighted by molar-refractivity contribution is 9.10. The van der Waals surface area contributed by atoms with Crippen LogP contribution in [0.2, 0.25) is 0 Å². The van der Waals surface area contributed by atoms with Crippen molar-refractivity contribution in [3.8, 4) is 11.3 Å². The van der Waals surface area contributed by atoms with Crippen LogP contribution in [0.3, 0.4) is 0 Å². The van der Waals surface area contributed by atoms with Gasteiger partial charge in [-0.05, 0) is 36.8 Å². The molecule has 1 heterocycles. The summed E-state index contributed by atoms with van der Waals surface area (Å²) < 4.78 is 0.991. The molecule has 4 aromatic rings. The first-order valence-corrected chi connectivity index (χ1v) is 9.95. The molecule has 142 valence electrons. The SMILES string of the molecule is Cc1ccc(C=NNC(=O)c2cc(-c3ccc(Br)cc3)nc3ccccc23)cc1. The molecule has 0 aliphatic rings. The number of halogens is 1. The Bertz CT molecular complexity index is 1200. The number of carbonyl (C=O) groups is 1. The number of nitrogens with one attached hydrogen (secondary N) is 1. The smallest absolute Gasteiger partial charge is 0.267 e. The number of pyridine rings is 1. The van der Waals surface area contributed by atoms with Gasteiger partial charge in [0.25, 0.3) is 5.91 Å². The average Bonchev–Trinajstić information content (AvgIpc) is 2.75. The Labute approximate surface area is 177 Å². The molecule has 0 aliphatic carbocycles. The van der Waals surface area contributed by atoms with Gasteiger partial charge in [0, 0.05) is 15.4 Å². The van der Waals surface area contributed by atoms with Gasteiger partial charge in [-0.2, -0.15) is 5.10 Å². The van der Waals surface area contributed by atoms with E-state index < -0.39 is 0 Å². The van der Waals surface area contributed by atoms with Crippen molar-refractivity contribution in [3.63, 3.8) is 0 Å². The summed E-state index contributed by atoms with van der Waals surface area (Å²) in [5.41, 5.74) is 7.72. The molecule has 0 bridgehead atoms. The predicted octanol–water partition coefficient (Wildman–Crippen LogP) is 5.74. The topological polar surface area (TPSA) is 54.4 Å². The van der Waals surface area contributed by atoms with Crippen molar-refractivity contribution in [2.24, 2.45) is 5.10 Å². The summed E-state index contributed by atoms with van der Waals surface area (Å²) >= 11 is 3.45. The molecule has 0 aliphatic heterocycles. The molecule has 1 amide bonds. The van der Waals surface area contributed by atoms with E-state index in [1.165, 1.54) is 5.56 Å². The van der Waals surface area contributed by atoms with Crippen LogP contribution in [0.15, 0.2) is 88.4 Å². The Balaban J connectivity index is 1.67. The molecule has 0 spiro atoms. The quantitative estimate of drug-likeness (QED) is 0.323. The van der Waals surface area contributed by atoms with E-state index in [1.54, 1.807) is 6.21 Å². The van der Waals surface area contributed by atoms with E-state index in [4.69, 9.17) is 4.98 Å². The third-order valence-corrected chi connectivity index (χ3v) is 5.09. The molecule has 0 saturated carbocycles. The largest absolute Gasteiger partial charge is 0.272 e. The monoisotopic (exact) mass is 443 g/mol. The second-order valence-corrected chi connectivity index (χ2v) is 7.60. The van der Waals surface area contributed by atoms with Gasteiger partial charge in [0.2, 0.25) is 0 Å². The standard InChI is InChI=1S/C24H18BrN3O/c1-16-6-8-17(9-7-16)15-26-28-24(29)21-14-23(18-10-12-19(25)13-11-18)27-22-5-3-2-4-20(21)22/h2-15H,1H3,(H,28,29). The number of hydrazone groups is 1. The number of benzene rings is 3. The van der Waals surface area contributed by atoms with E-state index in [-0.39, 0.29) is 5.91 Å². The molecule has 0 fully saturated rings. The van der Waals surface area contributed by atoms with E-state index in [1.807, 2.05) is 85.8 Å². The molecule has 1 aromatic heterocycles. The van der Waals surface area contributed by atoms with E-state index in [2.05, 4.69) is 26.5 Å². The van der Waals surface area contributed by atoms with Gasteiger partial charge in [0.1, 0.15) is 0 Å². The Morgan fingerprint density at radius 2 is 1.72 bits per heavy atom. The van der Waals surface area contributed by atoms with E-state index >= 15 is 0 Å². The first kappa shape index (κ1) is 19.0. The van der Waals surface area contributed by atoms with Crippen molar-refractivity contribution in [2.45, 2.75) is 6.92 Å². The average molecular weight is 444 g/mol. The van der Waals surface area contributed by atoms with Crippen molar-refractivity contribution in [2.75, 3.05) is 0 Å². The third-order valence-electron chi connectivity index (χ3n) is 4.56. The van der Waals surface area contributed by atoms with E-state index in [9.17, 15) is 4.79 Å². The molecule has 0 saturated heterocycles. The summed E-state index contributed by atoms with van der Waals surface area (Å²) in [4.78, 5) is 17.6. The maximum absolute atomic E-state index is 12.9. The first-order chi connectivity index (χ1) is 14.1. The minimum atomic E-state index is -0.273. The number of aryl methyl sites for hydroxylation is 1. The molecule has 1 N–H and O–H groups in total. The highest BCUT2D eigenvalue weighted by Crippen LogP contribution is 2.26. The zero-order chi connectivity index (χ0) is 20.2. The van der Waals surface area contributed by atoms with Crippen LogP contribution >= 0.6 is 15.9 Å². The fourth-order valence-corrected chi connectivity index (χ4v) is 3.27. The number of hydrogen-bond acceptors (Lipinski definition) is 3. The Morgan fingerprint density at radius 1 is 1.00 bits per heavy atom. The second-order valence-electron chi connectivity index (χ2n) is 6.69. The van der Waals surface area contributed by atoms with Crippen LogP contribution in [-0.4, -0.2) is 17.1 Å². The molecule has 4 nitrogen and oxygen atoms in total. The lowest BCUT2D eigenvalue weighted by Gasteiger charge is -2.09. The number of amides is 1. The fourth-order valence-electron chi connectivity index (χ4n) is 3.01. The number of hydrogen-bond donors (Lipinski definition) is 1. The van der Waals surface area contributed by atoms with Gasteiger partial charge < -0.3 is 0 Å². The normalized spacial score (nSPS) is 11.1. The van der Waals surface area contributed by atoms with Crippen molar-refractivity contribution in [1.29, 1.82) is 0 Å². The van der Waals surface area contributed by atoms with Crippen molar-refractivity contribution < 1.29 is 4.79 Å². The number of aromatic nitrogens is 1. The van der Waals surface area contributed by atoms with Gasteiger partial charge in [0.05, 0.1) is 23.0 Å². The van der Waals surface area contributed by atoms with Crippen LogP contribution < -0.4 is 5.43 Å². The highest BCUT2D eigenvalue weighted by atomic mass is 79.9. The summed E-state index contributed by atoms with van der Waals surface area (Å²) in [7, 11) is 0. The lowest BCUT2D eigenvalue weighted by atomic mass is 10.0. The highest BCUT2D eigenvalue weighted by Gasteiger charge is 2.13. The molecule has 0 radical (unpaired) electrons. The summed E-state index contributed by atoms with van der Waals surface area (Å²) in [6.45, 7) is 2.03. The second kappa shape index (κ2) is 8.37. The Morgan fingerprint density at radius 3 is 2.48 bits per heavy atom. The van der Waals surface area contributed by atoms with Crippen molar-refractivity contribution in [3.05, 3.63) is 100 Å². The zero-order valence-electron chi connectivity index (χ0n) is 15.8. The van der Waals surface area contributed by atoms with E-state index in [0.717, 1.165) is 32.2 Å². The van der Waals surface area contributed by atoms with Gasteiger partial charge in [0.15, 0.2) is 0 Å². The van der Waals surface area contributed by atoms with Crippen LogP contribution in [0.25, 0.3) is 22.2 Å². The molecule has 4 rings (SSSR count). The molecule has 0 atom stereocenters. The molecule has 3 aromatic carbocycles. The summed E-state index contributed by atoms with van der Waals surface area (Å²) in [5, 5.41) is 4.91. The van der Waals surface area contributed by atoms with Crippen LogP contribution in [-0.2, 0) is 0 Å². The zero-order valence-corrected chi connectivity index (χ0v) is 17.3. The van der Waals surface area contributed by atoms with Crippen LogP contribution in [0.1, 0.15) is 21.5 Å². The number of carbonyl (C=O) groups excluding carboxylic acids is 1. The summed E-state index contributed by atoms with van der Waals surface area (Å²) in [6.07, 6.45) is 1.64. The maximum Gasteiger partial charge on any atom is 0.272 e. The van der Waals surface area contributed by atoms with Crippen LogP contribution in [0.4, 0.5) is 0 Å². The predicted molar refractivity (Wildman–Crippen MR) is 121 cm³/mol. The van der Waals surface area contributed by atoms with Gasteiger partial charge in [-0.15, -0.1) is 0 Å². The summed E-state index contributed by atoms with van der Waals surface area (Å²) in [6, 6.07) is 25.2. The van der Waals surface area contributed by atoms with E-state index in [0.29, 0.717) is 5.56 Å². The maximum atomic E-state index is 12.9. The van der Waals surface area contributed by atoms with Gasteiger partial charge in [-0.3, -0.25) is 4.79 Å². The third kappa shape index (κ3) is 4.41.